The lowest BCUT2D eigenvalue weighted by molar-refractivity contribution is 0.418. The Hall–Kier alpha value is -1.09. The molecule has 0 aromatic heterocycles. The molecule has 1 rings (SSSR count). The number of rotatable bonds is 3. The van der Waals surface area contributed by atoms with E-state index in [4.69, 9.17) is 5.73 Å². The van der Waals surface area contributed by atoms with Crippen LogP contribution < -0.4 is 10.6 Å². The van der Waals surface area contributed by atoms with Gasteiger partial charge in [0, 0.05) is 25.3 Å². The third-order valence-corrected chi connectivity index (χ3v) is 2.60. The molecule has 17 heavy (non-hydrogen) atoms. The predicted molar refractivity (Wildman–Crippen MR) is 71.7 cm³/mol. The van der Waals surface area contributed by atoms with Gasteiger partial charge in [-0.25, -0.2) is 4.39 Å². The predicted octanol–water partition coefficient (Wildman–Crippen LogP) is 3.33. The van der Waals surface area contributed by atoms with Gasteiger partial charge < -0.3 is 10.6 Å². The second-order valence-electron chi connectivity index (χ2n) is 5.91. The van der Waals surface area contributed by atoms with Crippen LogP contribution in [-0.4, -0.2) is 13.6 Å². The highest BCUT2D eigenvalue weighted by Gasteiger charge is 2.17. The molecule has 0 bridgehead atoms. The van der Waals surface area contributed by atoms with Crippen LogP contribution in [0, 0.1) is 11.2 Å². The van der Waals surface area contributed by atoms with Gasteiger partial charge in [0.2, 0.25) is 0 Å². The van der Waals surface area contributed by atoms with Gasteiger partial charge in [-0.05, 0) is 36.1 Å². The number of halogens is 1. The summed E-state index contributed by atoms with van der Waals surface area (Å²) in [6, 6.07) is 4.65. The average Bonchev–Trinajstić information content (AvgIpc) is 2.14. The van der Waals surface area contributed by atoms with Gasteiger partial charge in [-0.2, -0.15) is 0 Å². The van der Waals surface area contributed by atoms with Crippen LogP contribution in [0.15, 0.2) is 18.2 Å². The Bertz CT molecular complexity index is 380. The zero-order valence-corrected chi connectivity index (χ0v) is 11.4. The Kier molecular flexibility index (Phi) is 4.15. The minimum atomic E-state index is -0.231. The Morgan fingerprint density at radius 1 is 1.35 bits per heavy atom. The molecule has 1 unspecified atom stereocenters. The van der Waals surface area contributed by atoms with Crippen molar-refractivity contribution in [3.8, 4) is 0 Å². The van der Waals surface area contributed by atoms with Crippen molar-refractivity contribution in [2.75, 3.05) is 18.5 Å². The summed E-state index contributed by atoms with van der Waals surface area (Å²) in [5.41, 5.74) is 7.95. The molecule has 3 heteroatoms. The maximum absolute atomic E-state index is 13.2. The minimum Gasteiger partial charge on any atom is -0.374 e. The van der Waals surface area contributed by atoms with E-state index in [1.165, 1.54) is 12.1 Å². The first-order chi connectivity index (χ1) is 7.70. The van der Waals surface area contributed by atoms with Crippen LogP contribution in [0.2, 0.25) is 0 Å². The van der Waals surface area contributed by atoms with Gasteiger partial charge in [0.25, 0.3) is 0 Å². The monoisotopic (exact) mass is 238 g/mol. The summed E-state index contributed by atoms with van der Waals surface area (Å²) < 4.78 is 13.2. The van der Waals surface area contributed by atoms with Gasteiger partial charge in [-0.3, -0.25) is 0 Å². The van der Waals surface area contributed by atoms with E-state index in [1.807, 2.05) is 14.0 Å². The van der Waals surface area contributed by atoms with E-state index in [-0.39, 0.29) is 17.3 Å². The molecular formula is C14H23FN2. The van der Waals surface area contributed by atoms with E-state index in [1.54, 1.807) is 6.07 Å². The summed E-state index contributed by atoms with van der Waals surface area (Å²) in [6.45, 7) is 9.32. The van der Waals surface area contributed by atoms with Gasteiger partial charge in [0.05, 0.1) is 0 Å². The van der Waals surface area contributed by atoms with Gasteiger partial charge in [-0.15, -0.1) is 0 Å². The fourth-order valence-corrected chi connectivity index (χ4v) is 2.03. The first-order valence-electron chi connectivity index (χ1n) is 5.97. The molecule has 0 amide bonds. The number of benzene rings is 1. The van der Waals surface area contributed by atoms with Crippen LogP contribution in [-0.2, 0) is 0 Å². The molecular weight excluding hydrogens is 215 g/mol. The molecule has 96 valence electrons. The molecule has 0 aliphatic rings. The van der Waals surface area contributed by atoms with Crippen LogP contribution in [0.3, 0.4) is 0 Å². The maximum Gasteiger partial charge on any atom is 0.123 e. The summed E-state index contributed by atoms with van der Waals surface area (Å²) in [5, 5.41) is 0. The van der Waals surface area contributed by atoms with Crippen molar-refractivity contribution in [3.05, 3.63) is 29.6 Å². The molecule has 2 nitrogen and oxygen atoms in total. The van der Waals surface area contributed by atoms with Gasteiger partial charge >= 0.3 is 0 Å². The molecule has 1 aromatic rings. The summed E-state index contributed by atoms with van der Waals surface area (Å²) in [6.07, 6.45) is 0. The van der Waals surface area contributed by atoms with E-state index in [0.717, 1.165) is 17.8 Å². The van der Waals surface area contributed by atoms with Crippen molar-refractivity contribution in [2.45, 2.75) is 33.7 Å². The van der Waals surface area contributed by atoms with Gasteiger partial charge in [0.1, 0.15) is 5.82 Å². The van der Waals surface area contributed by atoms with E-state index in [2.05, 4.69) is 25.7 Å². The van der Waals surface area contributed by atoms with Crippen molar-refractivity contribution in [1.82, 2.24) is 0 Å². The fourth-order valence-electron chi connectivity index (χ4n) is 2.03. The molecule has 0 aliphatic carbocycles. The Morgan fingerprint density at radius 3 is 2.41 bits per heavy atom. The zero-order chi connectivity index (χ0) is 13.2. The molecule has 0 aliphatic heterocycles. The van der Waals surface area contributed by atoms with Crippen molar-refractivity contribution >= 4 is 5.69 Å². The van der Waals surface area contributed by atoms with Crippen molar-refractivity contribution in [2.24, 2.45) is 11.1 Å². The highest BCUT2D eigenvalue weighted by molar-refractivity contribution is 5.54. The van der Waals surface area contributed by atoms with Crippen LogP contribution in [0.5, 0.6) is 0 Å². The number of hydrogen-bond acceptors (Lipinski definition) is 2. The third kappa shape index (κ3) is 4.00. The summed E-state index contributed by atoms with van der Waals surface area (Å²) >= 11 is 0. The topological polar surface area (TPSA) is 29.3 Å². The molecule has 0 saturated carbocycles. The number of nitrogens with zero attached hydrogens (tertiary/aromatic N) is 1. The maximum atomic E-state index is 13.2. The molecule has 0 radical (unpaired) electrons. The van der Waals surface area contributed by atoms with E-state index in [9.17, 15) is 4.39 Å². The van der Waals surface area contributed by atoms with Crippen LogP contribution in [0.25, 0.3) is 0 Å². The van der Waals surface area contributed by atoms with Crippen molar-refractivity contribution in [1.29, 1.82) is 0 Å². The lowest BCUT2D eigenvalue weighted by atomic mass is 9.95. The lowest BCUT2D eigenvalue weighted by Gasteiger charge is -2.30. The van der Waals surface area contributed by atoms with Crippen LogP contribution in [0.4, 0.5) is 10.1 Å². The van der Waals surface area contributed by atoms with Crippen LogP contribution >= 0.6 is 0 Å². The smallest absolute Gasteiger partial charge is 0.123 e. The molecule has 2 N–H and O–H groups in total. The summed E-state index contributed by atoms with van der Waals surface area (Å²) in [5.74, 6) is -0.231. The lowest BCUT2D eigenvalue weighted by Crippen LogP contribution is -2.30. The quantitative estimate of drug-likeness (QED) is 0.875. The molecule has 1 aromatic carbocycles. The van der Waals surface area contributed by atoms with E-state index < -0.39 is 0 Å². The Balaban J connectivity index is 3.04. The molecule has 1 atom stereocenters. The SMILES string of the molecule is CC(N)c1cc(F)ccc1N(C)CC(C)(C)C. The Morgan fingerprint density at radius 2 is 1.94 bits per heavy atom. The standard InChI is InChI=1S/C14H23FN2/c1-10(16)12-8-11(15)6-7-13(12)17(5)9-14(2,3)4/h6-8,10H,9,16H2,1-5H3. The Labute approximate surface area is 104 Å². The molecule has 0 fully saturated rings. The minimum absolute atomic E-state index is 0.164. The van der Waals surface area contributed by atoms with Gasteiger partial charge in [0.15, 0.2) is 0 Å². The fraction of sp³-hybridized carbons (Fsp3) is 0.571. The highest BCUT2D eigenvalue weighted by Crippen LogP contribution is 2.27. The highest BCUT2D eigenvalue weighted by atomic mass is 19.1. The van der Waals surface area contributed by atoms with Crippen molar-refractivity contribution in [3.63, 3.8) is 0 Å². The first kappa shape index (κ1) is 14.0. The van der Waals surface area contributed by atoms with Gasteiger partial charge in [-0.1, -0.05) is 20.8 Å². The van der Waals surface area contributed by atoms with Crippen molar-refractivity contribution < 1.29 is 4.39 Å². The molecule has 0 heterocycles. The number of nitrogens with two attached hydrogens (primary N) is 1. The van der Waals surface area contributed by atoms with E-state index in [0.29, 0.717) is 0 Å². The first-order valence-corrected chi connectivity index (χ1v) is 5.97. The third-order valence-electron chi connectivity index (χ3n) is 2.60. The largest absolute Gasteiger partial charge is 0.374 e. The second kappa shape index (κ2) is 5.05. The summed E-state index contributed by atoms with van der Waals surface area (Å²) in [7, 11) is 2.02. The normalized spacial score (nSPS) is 13.6. The average molecular weight is 238 g/mol. The molecule has 0 spiro atoms. The zero-order valence-electron chi connectivity index (χ0n) is 11.4. The van der Waals surface area contributed by atoms with E-state index >= 15 is 0 Å². The molecule has 0 saturated heterocycles. The second-order valence-corrected chi connectivity index (χ2v) is 5.91. The summed E-state index contributed by atoms with van der Waals surface area (Å²) in [4.78, 5) is 2.14. The number of anilines is 1. The van der Waals surface area contributed by atoms with Crippen LogP contribution in [0.1, 0.15) is 39.3 Å². The number of hydrogen-bond donors (Lipinski definition) is 1.